The fourth-order valence-corrected chi connectivity index (χ4v) is 9.90. The van der Waals surface area contributed by atoms with Crippen molar-refractivity contribution in [1.29, 1.82) is 0 Å². The molecule has 5 aliphatic carbocycles. The summed E-state index contributed by atoms with van der Waals surface area (Å²) in [6.07, 6.45) is 13.0. The van der Waals surface area contributed by atoms with Crippen LogP contribution in [0.2, 0.25) is 0 Å². The van der Waals surface area contributed by atoms with E-state index in [1.54, 1.807) is 17.2 Å². The van der Waals surface area contributed by atoms with Gasteiger partial charge in [0.2, 0.25) is 0 Å². The van der Waals surface area contributed by atoms with E-state index in [2.05, 4.69) is 29.0 Å². The van der Waals surface area contributed by atoms with Crippen molar-refractivity contribution < 1.29 is 9.90 Å². The Morgan fingerprint density at radius 3 is 2.64 bits per heavy atom. The summed E-state index contributed by atoms with van der Waals surface area (Å²) in [5, 5.41) is 19.9. The molecule has 1 N–H and O–H groups in total. The highest BCUT2D eigenvalue weighted by Crippen LogP contribution is 2.70. The molecule has 0 amide bonds. The Hall–Kier alpha value is -1.82. The number of hydrogen-bond donors (Lipinski definition) is 1. The highest BCUT2D eigenvalue weighted by molar-refractivity contribution is 5.82. The molecular formula is C27H36N4O2. The number of hydrogen-bond acceptors (Lipinski definition) is 5. The van der Waals surface area contributed by atoms with E-state index < -0.39 is 0 Å². The number of aromatic nitrogens is 4. The first kappa shape index (κ1) is 20.5. The van der Waals surface area contributed by atoms with E-state index >= 15 is 0 Å². The molecule has 0 spiro atoms. The summed E-state index contributed by atoms with van der Waals surface area (Å²) in [6, 6.07) is 1.85. The predicted octanol–water partition coefficient (Wildman–Crippen LogP) is 4.27. The second-order valence-corrected chi connectivity index (χ2v) is 12.4. The second kappa shape index (κ2) is 6.87. The van der Waals surface area contributed by atoms with Crippen molar-refractivity contribution >= 4 is 16.8 Å². The number of aliphatic hydroxyl groups is 1. The van der Waals surface area contributed by atoms with E-state index in [1.807, 2.05) is 6.07 Å². The number of rotatable bonds is 3. The third-order valence-corrected chi connectivity index (χ3v) is 11.5. The molecule has 5 saturated carbocycles. The molecule has 7 rings (SSSR count). The quantitative estimate of drug-likeness (QED) is 0.758. The first-order valence-corrected chi connectivity index (χ1v) is 13.3. The van der Waals surface area contributed by atoms with Crippen LogP contribution in [0.15, 0.2) is 18.5 Å². The van der Waals surface area contributed by atoms with Crippen LogP contribution in [0.4, 0.5) is 0 Å². The van der Waals surface area contributed by atoms with Gasteiger partial charge in [0.1, 0.15) is 17.6 Å². The molecule has 0 aromatic carbocycles. The van der Waals surface area contributed by atoms with E-state index in [-0.39, 0.29) is 23.5 Å². The molecule has 10 unspecified atom stereocenters. The second-order valence-electron chi connectivity index (χ2n) is 12.4. The summed E-state index contributed by atoms with van der Waals surface area (Å²) in [7, 11) is 0. The zero-order valence-electron chi connectivity index (χ0n) is 19.9. The lowest BCUT2D eigenvalue weighted by Crippen LogP contribution is -2.50. The van der Waals surface area contributed by atoms with Gasteiger partial charge in [-0.1, -0.05) is 13.8 Å². The molecule has 5 fully saturated rings. The summed E-state index contributed by atoms with van der Waals surface area (Å²) in [4.78, 5) is 19.2. The summed E-state index contributed by atoms with van der Waals surface area (Å²) in [5.41, 5.74) is 1.35. The Bertz CT molecular complexity index is 1080. The molecule has 176 valence electrons. The average molecular weight is 449 g/mol. The number of carbonyl (C=O) groups is 1. The number of nitrogens with zero attached hydrogens (tertiary/aromatic N) is 4. The van der Waals surface area contributed by atoms with Crippen LogP contribution in [-0.2, 0) is 11.3 Å². The van der Waals surface area contributed by atoms with Crippen LogP contribution in [0.1, 0.15) is 65.2 Å². The number of fused-ring (bicyclic) bond motifs is 8. The molecule has 2 aromatic rings. The number of Topliss-reactive ketones (excluding diaryl/α,β-unsaturated/α-hetero) is 1. The minimum Gasteiger partial charge on any atom is -0.389 e. The van der Waals surface area contributed by atoms with Crippen LogP contribution < -0.4 is 0 Å². The molecule has 0 saturated heterocycles. The van der Waals surface area contributed by atoms with Gasteiger partial charge in [0.25, 0.3) is 0 Å². The maximum Gasteiger partial charge on any atom is 0.159 e. The van der Waals surface area contributed by atoms with Crippen LogP contribution in [0, 0.1) is 52.8 Å². The molecule has 33 heavy (non-hydrogen) atoms. The van der Waals surface area contributed by atoms with Crippen molar-refractivity contribution in [3.05, 3.63) is 18.5 Å². The van der Waals surface area contributed by atoms with Gasteiger partial charge >= 0.3 is 0 Å². The average Bonchev–Trinajstić information content (AvgIpc) is 3.10. The Balaban J connectivity index is 1.09. The molecule has 6 nitrogen and oxygen atoms in total. The molecule has 5 aliphatic rings. The van der Waals surface area contributed by atoms with Crippen molar-refractivity contribution in [2.24, 2.45) is 52.8 Å². The van der Waals surface area contributed by atoms with E-state index in [0.717, 1.165) is 47.5 Å². The van der Waals surface area contributed by atoms with E-state index in [4.69, 9.17) is 0 Å². The van der Waals surface area contributed by atoms with Crippen LogP contribution >= 0.6 is 0 Å². The number of carbonyl (C=O) groups excluding carboxylic acids is 1. The Labute approximate surface area is 195 Å². The molecular weight excluding hydrogens is 412 g/mol. The van der Waals surface area contributed by atoms with Gasteiger partial charge < -0.3 is 5.11 Å². The largest absolute Gasteiger partial charge is 0.389 e. The minimum absolute atomic E-state index is 0.126. The van der Waals surface area contributed by atoms with Crippen LogP contribution in [0.3, 0.4) is 0 Å². The summed E-state index contributed by atoms with van der Waals surface area (Å²) in [6.45, 7) is 4.98. The lowest BCUT2D eigenvalue weighted by Gasteiger charge is -2.56. The first-order chi connectivity index (χ1) is 15.9. The first-order valence-electron chi connectivity index (χ1n) is 13.3. The molecule has 6 heteroatoms. The maximum absolute atomic E-state index is 13.5. The number of ketones is 1. The fraction of sp³-hybridized carbons (Fsp3) is 0.778. The van der Waals surface area contributed by atoms with Crippen LogP contribution in [0.5, 0.6) is 0 Å². The van der Waals surface area contributed by atoms with Crippen molar-refractivity contribution in [2.75, 3.05) is 0 Å². The summed E-state index contributed by atoms with van der Waals surface area (Å²) >= 11 is 0. The molecule has 2 heterocycles. The Morgan fingerprint density at radius 1 is 1.03 bits per heavy atom. The summed E-state index contributed by atoms with van der Waals surface area (Å²) < 4.78 is 0. The van der Waals surface area contributed by atoms with Crippen molar-refractivity contribution in [3.63, 3.8) is 0 Å². The Morgan fingerprint density at radius 2 is 1.79 bits per heavy atom. The highest BCUT2D eigenvalue weighted by atomic mass is 16.3. The van der Waals surface area contributed by atoms with E-state index in [1.165, 1.54) is 38.5 Å². The van der Waals surface area contributed by atoms with Crippen molar-refractivity contribution in [3.8, 4) is 0 Å². The van der Waals surface area contributed by atoms with Gasteiger partial charge in [-0.2, -0.15) is 15.0 Å². The normalized spacial score (nSPS) is 48.0. The van der Waals surface area contributed by atoms with Gasteiger partial charge in [-0.3, -0.25) is 9.78 Å². The summed E-state index contributed by atoms with van der Waals surface area (Å²) in [5.74, 6) is 5.36. The zero-order valence-corrected chi connectivity index (χ0v) is 19.9. The monoisotopic (exact) mass is 448 g/mol. The third kappa shape index (κ3) is 2.76. The lowest BCUT2D eigenvalue weighted by atomic mass is 9.49. The Kier molecular flexibility index (Phi) is 4.27. The van der Waals surface area contributed by atoms with Gasteiger partial charge in [-0.15, -0.1) is 0 Å². The van der Waals surface area contributed by atoms with Crippen LogP contribution in [0.25, 0.3) is 11.0 Å². The molecule has 0 bridgehead atoms. The molecule has 2 aromatic heterocycles. The van der Waals surface area contributed by atoms with Gasteiger partial charge in [0, 0.05) is 12.1 Å². The number of pyridine rings is 1. The fourth-order valence-electron chi connectivity index (χ4n) is 9.90. The lowest BCUT2D eigenvalue weighted by molar-refractivity contribution is -0.132. The third-order valence-electron chi connectivity index (χ3n) is 11.5. The SMILES string of the molecule is CC1C2C3CCC4C(CCC5(C)C(C(=O)Cn6nc7ccncc7n6)CCC45)C3CCC12O. The van der Waals surface area contributed by atoms with Crippen molar-refractivity contribution in [1.82, 2.24) is 20.0 Å². The molecule has 0 radical (unpaired) electrons. The van der Waals surface area contributed by atoms with Gasteiger partial charge in [0.15, 0.2) is 5.78 Å². The van der Waals surface area contributed by atoms with Crippen LogP contribution in [-0.4, -0.2) is 36.5 Å². The minimum atomic E-state index is -0.330. The van der Waals surface area contributed by atoms with E-state index in [0.29, 0.717) is 23.5 Å². The molecule has 0 aliphatic heterocycles. The zero-order chi connectivity index (χ0) is 22.5. The smallest absolute Gasteiger partial charge is 0.159 e. The van der Waals surface area contributed by atoms with Gasteiger partial charge in [-0.05, 0) is 104 Å². The standard InChI is InChI=1S/C27H36N4O2/c1-15-25-19-4-3-18-16(17(19)8-11-27(15,25)33)7-10-26(2)20(18)5-6-21(26)24(32)14-31-29-22-9-12-28-13-23(22)30-31/h9,12-13,15-21,25,33H,3-8,10-11,14H2,1-2H3. The maximum atomic E-state index is 13.5. The topological polar surface area (TPSA) is 80.9 Å². The molecule has 10 atom stereocenters. The van der Waals surface area contributed by atoms with Gasteiger partial charge in [-0.25, -0.2) is 0 Å². The predicted molar refractivity (Wildman–Crippen MR) is 124 cm³/mol. The van der Waals surface area contributed by atoms with E-state index in [9.17, 15) is 9.90 Å². The highest BCUT2D eigenvalue weighted by Gasteiger charge is 2.69. The van der Waals surface area contributed by atoms with Gasteiger partial charge in [0.05, 0.1) is 11.8 Å². The van der Waals surface area contributed by atoms with Crippen molar-refractivity contribution in [2.45, 2.75) is 77.4 Å².